The molecule has 3 N–H and O–H groups in total. The van der Waals surface area contributed by atoms with Crippen LogP contribution in [0.1, 0.15) is 33.6 Å². The second-order valence-corrected chi connectivity index (χ2v) is 5.30. The summed E-state index contributed by atoms with van der Waals surface area (Å²) in [6.45, 7) is 5.21. The highest BCUT2D eigenvalue weighted by Crippen LogP contribution is 2.20. The van der Waals surface area contributed by atoms with Gasteiger partial charge in [0.25, 0.3) is 0 Å². The van der Waals surface area contributed by atoms with Gasteiger partial charge >= 0.3 is 5.97 Å². The number of hydrogen-bond acceptors (Lipinski definition) is 3. The van der Waals surface area contributed by atoms with Crippen LogP contribution >= 0.6 is 0 Å². The third-order valence-electron chi connectivity index (χ3n) is 2.71. The van der Waals surface area contributed by atoms with Gasteiger partial charge in [-0.2, -0.15) is 0 Å². The summed E-state index contributed by atoms with van der Waals surface area (Å²) < 4.78 is 0. The number of carbonyl (C=O) groups is 3. The van der Waals surface area contributed by atoms with E-state index in [0.29, 0.717) is 12.8 Å². The largest absolute Gasteiger partial charge is 0.480 e. The number of aliphatic carboxylic acids is 1. The van der Waals surface area contributed by atoms with E-state index in [4.69, 9.17) is 5.11 Å². The minimum absolute atomic E-state index is 0.173. The van der Waals surface area contributed by atoms with Crippen molar-refractivity contribution in [3.63, 3.8) is 0 Å². The van der Waals surface area contributed by atoms with Crippen LogP contribution in [0.2, 0.25) is 0 Å². The Kier molecular flexibility index (Phi) is 3.75. The molecule has 0 spiro atoms. The lowest BCUT2D eigenvalue weighted by molar-refractivity contribution is -0.145. The van der Waals surface area contributed by atoms with Gasteiger partial charge < -0.3 is 15.7 Å². The molecule has 0 aromatic carbocycles. The molecule has 96 valence electrons. The van der Waals surface area contributed by atoms with E-state index in [9.17, 15) is 14.4 Å². The minimum Gasteiger partial charge on any atom is -0.480 e. The molecule has 1 saturated heterocycles. The second kappa shape index (κ2) is 4.73. The van der Waals surface area contributed by atoms with Gasteiger partial charge in [0.15, 0.2) is 0 Å². The fourth-order valence-corrected chi connectivity index (χ4v) is 1.70. The van der Waals surface area contributed by atoms with Gasteiger partial charge in [0.1, 0.15) is 12.1 Å². The molecule has 1 heterocycles. The Morgan fingerprint density at radius 2 is 2.06 bits per heavy atom. The summed E-state index contributed by atoms with van der Waals surface area (Å²) in [4.78, 5) is 33.8. The van der Waals surface area contributed by atoms with Crippen LogP contribution in [-0.4, -0.2) is 35.0 Å². The predicted molar refractivity (Wildman–Crippen MR) is 60.2 cm³/mol. The molecule has 0 aromatic heterocycles. The molecule has 6 nitrogen and oxygen atoms in total. The average molecular weight is 242 g/mol. The molecule has 2 amide bonds. The van der Waals surface area contributed by atoms with Crippen molar-refractivity contribution < 1.29 is 19.5 Å². The summed E-state index contributed by atoms with van der Waals surface area (Å²) in [6.07, 6.45) is 0.729. The maximum absolute atomic E-state index is 11.8. The van der Waals surface area contributed by atoms with E-state index in [0.717, 1.165) is 0 Å². The Hall–Kier alpha value is -1.59. The van der Waals surface area contributed by atoms with E-state index in [-0.39, 0.29) is 5.91 Å². The smallest absolute Gasteiger partial charge is 0.326 e. The summed E-state index contributed by atoms with van der Waals surface area (Å²) in [5, 5.41) is 14.0. The summed E-state index contributed by atoms with van der Waals surface area (Å²) >= 11 is 0. The van der Waals surface area contributed by atoms with Gasteiger partial charge in [-0.25, -0.2) is 4.79 Å². The van der Waals surface area contributed by atoms with Crippen molar-refractivity contribution in [3.05, 3.63) is 0 Å². The minimum atomic E-state index is -1.07. The Bertz CT molecular complexity index is 346. The number of amides is 2. The number of nitrogens with one attached hydrogen (secondary N) is 2. The zero-order chi connectivity index (χ0) is 13.2. The van der Waals surface area contributed by atoms with Gasteiger partial charge in [-0.05, 0) is 11.8 Å². The van der Waals surface area contributed by atoms with Gasteiger partial charge in [0, 0.05) is 6.42 Å². The maximum Gasteiger partial charge on any atom is 0.326 e. The Morgan fingerprint density at radius 1 is 1.47 bits per heavy atom. The molecule has 17 heavy (non-hydrogen) atoms. The van der Waals surface area contributed by atoms with Crippen molar-refractivity contribution in [1.82, 2.24) is 10.6 Å². The number of carboxylic acids is 1. The van der Waals surface area contributed by atoms with E-state index in [2.05, 4.69) is 10.6 Å². The Labute approximate surface area is 99.8 Å². The van der Waals surface area contributed by atoms with Crippen LogP contribution < -0.4 is 10.6 Å². The van der Waals surface area contributed by atoms with E-state index >= 15 is 0 Å². The molecule has 1 fully saturated rings. The molecule has 0 aromatic rings. The van der Waals surface area contributed by atoms with Crippen LogP contribution in [0.25, 0.3) is 0 Å². The Balaban J connectivity index is 2.65. The molecule has 1 aliphatic heterocycles. The van der Waals surface area contributed by atoms with Crippen LogP contribution in [-0.2, 0) is 14.4 Å². The van der Waals surface area contributed by atoms with Crippen molar-refractivity contribution in [1.29, 1.82) is 0 Å². The van der Waals surface area contributed by atoms with Crippen LogP contribution in [0.5, 0.6) is 0 Å². The fraction of sp³-hybridized carbons (Fsp3) is 0.727. The molecule has 1 aliphatic rings. The molecule has 0 aliphatic carbocycles. The number of hydrogen-bond donors (Lipinski definition) is 3. The van der Waals surface area contributed by atoms with Gasteiger partial charge in [-0.3, -0.25) is 9.59 Å². The molecule has 0 bridgehead atoms. The normalized spacial score (nSPS) is 21.8. The van der Waals surface area contributed by atoms with Crippen LogP contribution in [0.15, 0.2) is 0 Å². The first kappa shape index (κ1) is 13.5. The molecule has 1 rings (SSSR count). The Morgan fingerprint density at radius 3 is 2.41 bits per heavy atom. The standard InChI is InChI=1S/C11H18N2O4/c1-11(2,3)8(10(16)17)13-9(15)6-4-5-7(14)12-6/h6,8H,4-5H2,1-3H3,(H,12,14)(H,13,15)(H,16,17)/t6-,8?/m0/s1. The average Bonchev–Trinajstić information content (AvgIpc) is 2.58. The third-order valence-corrected chi connectivity index (χ3v) is 2.71. The highest BCUT2D eigenvalue weighted by Gasteiger charge is 2.36. The second-order valence-electron chi connectivity index (χ2n) is 5.30. The first-order valence-electron chi connectivity index (χ1n) is 5.54. The van der Waals surface area contributed by atoms with Gasteiger partial charge in [-0.1, -0.05) is 20.8 Å². The summed E-state index contributed by atoms with van der Waals surface area (Å²) in [7, 11) is 0. The van der Waals surface area contributed by atoms with Gasteiger partial charge in [0.05, 0.1) is 0 Å². The molecule has 0 saturated carbocycles. The summed E-state index contributed by atoms with van der Waals surface area (Å²) in [5.41, 5.74) is -0.579. The van der Waals surface area contributed by atoms with Gasteiger partial charge in [0.2, 0.25) is 11.8 Å². The lowest BCUT2D eigenvalue weighted by Crippen LogP contribution is -2.53. The number of rotatable bonds is 3. The van der Waals surface area contributed by atoms with E-state index in [1.165, 1.54) is 0 Å². The summed E-state index contributed by atoms with van der Waals surface area (Å²) in [5.74, 6) is -1.68. The van der Waals surface area contributed by atoms with Crippen molar-refractivity contribution in [3.8, 4) is 0 Å². The molecule has 0 radical (unpaired) electrons. The molecule has 2 atom stereocenters. The third kappa shape index (κ3) is 3.44. The number of carboxylic acid groups (broad SMARTS) is 1. The predicted octanol–water partition coefficient (Wildman–Crippen LogP) is -0.119. The van der Waals surface area contributed by atoms with Crippen molar-refractivity contribution in [2.24, 2.45) is 5.41 Å². The van der Waals surface area contributed by atoms with Gasteiger partial charge in [-0.15, -0.1) is 0 Å². The van der Waals surface area contributed by atoms with Crippen LogP contribution in [0.3, 0.4) is 0 Å². The maximum atomic E-state index is 11.8. The van der Waals surface area contributed by atoms with Crippen molar-refractivity contribution >= 4 is 17.8 Å². The quantitative estimate of drug-likeness (QED) is 0.643. The van der Waals surface area contributed by atoms with Crippen molar-refractivity contribution in [2.75, 3.05) is 0 Å². The lowest BCUT2D eigenvalue weighted by Gasteiger charge is -2.28. The van der Waals surface area contributed by atoms with E-state index in [1.54, 1.807) is 20.8 Å². The first-order chi connectivity index (χ1) is 7.71. The molecular formula is C11H18N2O4. The molecular weight excluding hydrogens is 224 g/mol. The fourth-order valence-electron chi connectivity index (χ4n) is 1.70. The van der Waals surface area contributed by atoms with E-state index in [1.807, 2.05) is 0 Å². The lowest BCUT2D eigenvalue weighted by atomic mass is 9.86. The zero-order valence-electron chi connectivity index (χ0n) is 10.2. The van der Waals surface area contributed by atoms with Crippen molar-refractivity contribution in [2.45, 2.75) is 45.7 Å². The molecule has 1 unspecified atom stereocenters. The SMILES string of the molecule is CC(C)(C)C(NC(=O)[C@@H]1CCC(=O)N1)C(=O)O. The topological polar surface area (TPSA) is 95.5 Å². The zero-order valence-corrected chi connectivity index (χ0v) is 10.2. The monoisotopic (exact) mass is 242 g/mol. The van der Waals surface area contributed by atoms with E-state index < -0.39 is 29.4 Å². The van der Waals surface area contributed by atoms with Crippen LogP contribution in [0, 0.1) is 5.41 Å². The van der Waals surface area contributed by atoms with Crippen LogP contribution in [0.4, 0.5) is 0 Å². The summed E-state index contributed by atoms with van der Waals surface area (Å²) in [6, 6.07) is -1.57. The highest BCUT2D eigenvalue weighted by atomic mass is 16.4. The number of carbonyl (C=O) groups excluding carboxylic acids is 2. The molecule has 6 heteroatoms. The highest BCUT2D eigenvalue weighted by molar-refractivity contribution is 5.93. The first-order valence-corrected chi connectivity index (χ1v) is 5.54.